The van der Waals surface area contributed by atoms with E-state index in [4.69, 9.17) is 0 Å². The molecule has 1 aliphatic heterocycles. The van der Waals surface area contributed by atoms with E-state index in [1.54, 1.807) is 0 Å². The fourth-order valence-electron chi connectivity index (χ4n) is 3.20. The van der Waals surface area contributed by atoms with Gasteiger partial charge in [0, 0.05) is 6.54 Å². The number of carbonyl (C=O) groups excluding carboxylic acids is 4. The Labute approximate surface area is 169 Å². The van der Waals surface area contributed by atoms with Gasteiger partial charge < -0.3 is 5.32 Å². The fraction of sp³-hybridized carbons (Fsp3) is 0.273. The van der Waals surface area contributed by atoms with Gasteiger partial charge in [-0.1, -0.05) is 74.0 Å². The SMILES string of the molecule is CCCCN1C(=O)C(=O)N(CC(=O)NC(c2ccccc2)c2ccccc2)C1=O. The highest BCUT2D eigenvalue weighted by molar-refractivity contribution is 6.45. The second-order valence-corrected chi connectivity index (χ2v) is 6.81. The van der Waals surface area contributed by atoms with Crippen molar-refractivity contribution in [3.63, 3.8) is 0 Å². The van der Waals surface area contributed by atoms with Crippen molar-refractivity contribution in [2.45, 2.75) is 25.8 Å². The molecule has 0 atom stereocenters. The van der Waals surface area contributed by atoms with Gasteiger partial charge in [-0.25, -0.2) is 9.69 Å². The molecule has 1 aliphatic rings. The van der Waals surface area contributed by atoms with Crippen molar-refractivity contribution in [1.82, 2.24) is 15.1 Å². The summed E-state index contributed by atoms with van der Waals surface area (Å²) in [6.07, 6.45) is 1.39. The molecule has 5 amide bonds. The Morgan fingerprint density at radius 2 is 1.38 bits per heavy atom. The van der Waals surface area contributed by atoms with Gasteiger partial charge in [0.2, 0.25) is 5.91 Å². The molecule has 150 valence electrons. The van der Waals surface area contributed by atoms with Crippen molar-refractivity contribution in [2.75, 3.05) is 13.1 Å². The predicted molar refractivity (Wildman–Crippen MR) is 107 cm³/mol. The zero-order valence-corrected chi connectivity index (χ0v) is 16.2. The van der Waals surface area contributed by atoms with Crippen LogP contribution in [0.15, 0.2) is 60.7 Å². The molecule has 2 aromatic rings. The Bertz CT molecular complexity index is 859. The Balaban J connectivity index is 1.75. The molecule has 0 radical (unpaired) electrons. The van der Waals surface area contributed by atoms with Crippen LogP contribution in [0.2, 0.25) is 0 Å². The average Bonchev–Trinajstić information content (AvgIpc) is 2.95. The Morgan fingerprint density at radius 1 is 0.862 bits per heavy atom. The molecular weight excluding hydrogens is 370 g/mol. The van der Waals surface area contributed by atoms with Crippen molar-refractivity contribution in [3.8, 4) is 0 Å². The third-order valence-corrected chi connectivity index (χ3v) is 4.74. The van der Waals surface area contributed by atoms with Crippen LogP contribution < -0.4 is 5.32 Å². The summed E-state index contributed by atoms with van der Waals surface area (Å²) in [6.45, 7) is 1.60. The molecule has 7 nitrogen and oxygen atoms in total. The van der Waals surface area contributed by atoms with E-state index >= 15 is 0 Å². The molecule has 1 saturated heterocycles. The Kier molecular flexibility index (Phi) is 6.39. The van der Waals surface area contributed by atoms with Crippen LogP contribution in [0.25, 0.3) is 0 Å². The van der Waals surface area contributed by atoms with E-state index in [2.05, 4.69) is 5.32 Å². The Hall–Kier alpha value is -3.48. The maximum absolute atomic E-state index is 12.7. The molecular formula is C22H23N3O4. The van der Waals surface area contributed by atoms with E-state index in [1.807, 2.05) is 67.6 Å². The van der Waals surface area contributed by atoms with E-state index in [9.17, 15) is 19.2 Å². The van der Waals surface area contributed by atoms with E-state index in [1.165, 1.54) is 0 Å². The average molecular weight is 393 g/mol. The maximum atomic E-state index is 12.7. The van der Waals surface area contributed by atoms with Gasteiger partial charge >= 0.3 is 17.8 Å². The molecule has 29 heavy (non-hydrogen) atoms. The number of hydrogen-bond donors (Lipinski definition) is 1. The lowest BCUT2D eigenvalue weighted by Crippen LogP contribution is -2.42. The van der Waals surface area contributed by atoms with Crippen LogP contribution in [0.5, 0.6) is 0 Å². The van der Waals surface area contributed by atoms with Gasteiger partial charge in [0.15, 0.2) is 0 Å². The summed E-state index contributed by atoms with van der Waals surface area (Å²) < 4.78 is 0. The van der Waals surface area contributed by atoms with Crippen LogP contribution >= 0.6 is 0 Å². The lowest BCUT2D eigenvalue weighted by molar-refractivity contribution is -0.144. The van der Waals surface area contributed by atoms with E-state index in [0.717, 1.165) is 22.4 Å². The van der Waals surface area contributed by atoms with Gasteiger partial charge in [-0.3, -0.25) is 19.3 Å². The summed E-state index contributed by atoms with van der Waals surface area (Å²) in [6, 6.07) is 17.6. The van der Waals surface area contributed by atoms with E-state index < -0.39 is 36.3 Å². The van der Waals surface area contributed by atoms with Crippen LogP contribution in [0.1, 0.15) is 36.9 Å². The van der Waals surface area contributed by atoms with Crippen LogP contribution in [-0.2, 0) is 14.4 Å². The van der Waals surface area contributed by atoms with Crippen molar-refractivity contribution >= 4 is 23.8 Å². The molecule has 2 aromatic carbocycles. The quantitative estimate of drug-likeness (QED) is 0.551. The summed E-state index contributed by atoms with van der Waals surface area (Å²) >= 11 is 0. The Morgan fingerprint density at radius 3 is 1.90 bits per heavy atom. The number of nitrogens with zero attached hydrogens (tertiary/aromatic N) is 2. The number of unbranched alkanes of at least 4 members (excludes halogenated alkanes) is 1. The molecule has 3 rings (SSSR count). The summed E-state index contributed by atoms with van der Waals surface area (Å²) in [4.78, 5) is 51.0. The van der Waals surface area contributed by atoms with Crippen molar-refractivity contribution in [1.29, 1.82) is 0 Å². The highest BCUT2D eigenvalue weighted by atomic mass is 16.2. The normalized spacial score (nSPS) is 14.1. The van der Waals surface area contributed by atoms with E-state index in [-0.39, 0.29) is 6.54 Å². The van der Waals surface area contributed by atoms with E-state index in [0.29, 0.717) is 11.3 Å². The standard InChI is InChI=1S/C22H23N3O4/c1-2-3-14-24-20(27)21(28)25(22(24)29)15-18(26)23-19(16-10-6-4-7-11-16)17-12-8-5-9-13-17/h4-13,19H,2-3,14-15H2,1H3,(H,23,26). The van der Waals surface area contributed by atoms with Crippen molar-refractivity contribution in [2.24, 2.45) is 0 Å². The largest absolute Gasteiger partial charge is 0.344 e. The first-order chi connectivity index (χ1) is 14.0. The second-order valence-electron chi connectivity index (χ2n) is 6.81. The zero-order valence-electron chi connectivity index (χ0n) is 16.2. The van der Waals surface area contributed by atoms with Gasteiger partial charge in [0.25, 0.3) is 0 Å². The zero-order chi connectivity index (χ0) is 20.8. The van der Waals surface area contributed by atoms with Gasteiger partial charge in [-0.2, -0.15) is 0 Å². The topological polar surface area (TPSA) is 86.8 Å². The highest BCUT2D eigenvalue weighted by Gasteiger charge is 2.44. The number of nitrogens with one attached hydrogen (secondary N) is 1. The van der Waals surface area contributed by atoms with Crippen molar-refractivity contribution < 1.29 is 19.2 Å². The molecule has 0 unspecified atom stereocenters. The van der Waals surface area contributed by atoms with Crippen molar-refractivity contribution in [3.05, 3.63) is 71.8 Å². The fourth-order valence-corrected chi connectivity index (χ4v) is 3.20. The third-order valence-electron chi connectivity index (χ3n) is 4.74. The lowest BCUT2D eigenvalue weighted by atomic mass is 9.99. The molecule has 1 N–H and O–H groups in total. The number of carbonyl (C=O) groups is 4. The molecule has 1 fully saturated rings. The number of rotatable bonds is 8. The summed E-state index contributed by atoms with van der Waals surface area (Å²) in [7, 11) is 0. The monoisotopic (exact) mass is 393 g/mol. The molecule has 0 saturated carbocycles. The molecule has 0 aliphatic carbocycles. The molecule has 1 heterocycles. The minimum absolute atomic E-state index is 0.175. The molecule has 0 bridgehead atoms. The number of urea groups is 1. The summed E-state index contributed by atoms with van der Waals surface area (Å²) in [5, 5.41) is 2.88. The molecule has 0 spiro atoms. The van der Waals surface area contributed by atoms with Crippen LogP contribution in [0, 0.1) is 0 Å². The van der Waals surface area contributed by atoms with Gasteiger partial charge in [-0.15, -0.1) is 0 Å². The molecule has 7 heteroatoms. The maximum Gasteiger partial charge on any atom is 0.334 e. The van der Waals surface area contributed by atoms with Gasteiger partial charge in [-0.05, 0) is 17.5 Å². The van der Waals surface area contributed by atoms with Gasteiger partial charge in [0.05, 0.1) is 6.04 Å². The van der Waals surface area contributed by atoms with Gasteiger partial charge in [0.1, 0.15) is 6.54 Å². The van der Waals surface area contributed by atoms with Crippen LogP contribution in [0.4, 0.5) is 4.79 Å². The smallest absolute Gasteiger partial charge is 0.334 e. The minimum atomic E-state index is -0.961. The first kappa shape index (κ1) is 20.3. The van der Waals surface area contributed by atoms with Crippen LogP contribution in [0.3, 0.4) is 0 Å². The predicted octanol–water partition coefficient (Wildman–Crippen LogP) is 2.48. The summed E-state index contributed by atoms with van der Waals surface area (Å²) in [5.41, 5.74) is 1.73. The first-order valence-corrected chi connectivity index (χ1v) is 9.59. The molecule has 0 aromatic heterocycles. The first-order valence-electron chi connectivity index (χ1n) is 9.59. The third kappa shape index (κ3) is 4.51. The number of amides is 5. The lowest BCUT2D eigenvalue weighted by Gasteiger charge is -2.21. The number of hydrogen-bond acceptors (Lipinski definition) is 4. The number of imide groups is 2. The summed E-state index contributed by atoms with van der Waals surface area (Å²) in [5.74, 6) is -2.36. The number of benzene rings is 2. The van der Waals surface area contributed by atoms with Crippen LogP contribution in [-0.4, -0.2) is 46.6 Å². The second kappa shape index (κ2) is 9.14. The minimum Gasteiger partial charge on any atom is -0.344 e. The highest BCUT2D eigenvalue weighted by Crippen LogP contribution is 2.22.